The lowest BCUT2D eigenvalue weighted by Gasteiger charge is -2.00. The van der Waals surface area contributed by atoms with E-state index in [9.17, 15) is 0 Å². The SMILES string of the molecule is CC(C)c1cc(O)n(O)c1O. The molecule has 0 aliphatic carbocycles. The lowest BCUT2D eigenvalue weighted by molar-refractivity contribution is 0.130. The Bertz CT molecular complexity index is 265. The smallest absolute Gasteiger partial charge is 0.232 e. The van der Waals surface area contributed by atoms with Gasteiger partial charge in [0, 0.05) is 11.6 Å². The van der Waals surface area contributed by atoms with E-state index < -0.39 is 0 Å². The molecule has 0 bridgehead atoms. The summed E-state index contributed by atoms with van der Waals surface area (Å²) in [6.07, 6.45) is 0. The molecule has 0 fully saturated rings. The lowest BCUT2D eigenvalue weighted by Crippen LogP contribution is -1.89. The Labute approximate surface area is 64.3 Å². The second-order valence-corrected chi connectivity index (χ2v) is 2.75. The van der Waals surface area contributed by atoms with Crippen LogP contribution in [0.1, 0.15) is 25.3 Å². The summed E-state index contributed by atoms with van der Waals surface area (Å²) in [6.45, 7) is 3.71. The molecule has 0 amide bonds. The van der Waals surface area contributed by atoms with E-state index in [0.717, 1.165) is 0 Å². The molecule has 0 saturated heterocycles. The zero-order chi connectivity index (χ0) is 8.59. The topological polar surface area (TPSA) is 65.6 Å². The van der Waals surface area contributed by atoms with E-state index >= 15 is 0 Å². The number of nitrogens with zero attached hydrogens (tertiary/aromatic N) is 1. The van der Waals surface area contributed by atoms with Crippen LogP contribution in [-0.4, -0.2) is 20.2 Å². The summed E-state index contributed by atoms with van der Waals surface area (Å²) < 4.78 is 0.356. The van der Waals surface area contributed by atoms with Crippen LogP contribution in [0.2, 0.25) is 0 Å². The maximum absolute atomic E-state index is 9.14. The van der Waals surface area contributed by atoms with E-state index in [4.69, 9.17) is 15.4 Å². The van der Waals surface area contributed by atoms with Gasteiger partial charge in [-0.25, -0.2) is 0 Å². The average Bonchev–Trinajstić information content (AvgIpc) is 2.17. The Morgan fingerprint density at radius 3 is 2.09 bits per heavy atom. The first-order valence-corrected chi connectivity index (χ1v) is 3.37. The fraction of sp³-hybridized carbons (Fsp3) is 0.429. The van der Waals surface area contributed by atoms with E-state index in [0.29, 0.717) is 10.3 Å². The van der Waals surface area contributed by atoms with Crippen molar-refractivity contribution >= 4 is 0 Å². The molecular weight excluding hydrogens is 146 g/mol. The van der Waals surface area contributed by atoms with Crippen LogP contribution in [0, 0.1) is 0 Å². The number of rotatable bonds is 1. The van der Waals surface area contributed by atoms with Gasteiger partial charge in [-0.2, -0.15) is 0 Å². The summed E-state index contributed by atoms with van der Waals surface area (Å²) in [5.74, 6) is -0.557. The standard InChI is InChI=1S/C7H11NO3/c1-4(2)5-3-6(9)8(11)7(5)10/h3-4,9-11H,1-2H3. The van der Waals surface area contributed by atoms with E-state index in [1.165, 1.54) is 6.07 Å². The van der Waals surface area contributed by atoms with Gasteiger partial charge in [0.25, 0.3) is 0 Å². The first kappa shape index (κ1) is 7.78. The molecule has 0 spiro atoms. The summed E-state index contributed by atoms with van der Waals surface area (Å²) in [5, 5.41) is 27.0. The summed E-state index contributed by atoms with van der Waals surface area (Å²) in [4.78, 5) is 0. The highest BCUT2D eigenvalue weighted by molar-refractivity contribution is 5.36. The summed E-state index contributed by atoms with van der Waals surface area (Å²) in [7, 11) is 0. The van der Waals surface area contributed by atoms with Crippen LogP contribution in [0.25, 0.3) is 0 Å². The maximum atomic E-state index is 9.14. The molecule has 0 aliphatic rings. The van der Waals surface area contributed by atoms with Gasteiger partial charge in [-0.1, -0.05) is 13.8 Å². The van der Waals surface area contributed by atoms with Gasteiger partial charge in [-0.15, -0.1) is 4.73 Å². The molecule has 0 aromatic carbocycles. The minimum atomic E-state index is -0.341. The Morgan fingerprint density at radius 2 is 1.91 bits per heavy atom. The molecule has 11 heavy (non-hydrogen) atoms. The van der Waals surface area contributed by atoms with E-state index in [2.05, 4.69) is 0 Å². The van der Waals surface area contributed by atoms with Gasteiger partial charge in [0.15, 0.2) is 0 Å². The molecule has 1 aromatic rings. The Hall–Kier alpha value is -1.32. The van der Waals surface area contributed by atoms with Crippen molar-refractivity contribution in [1.29, 1.82) is 0 Å². The molecule has 0 unspecified atom stereocenters. The maximum Gasteiger partial charge on any atom is 0.232 e. The molecule has 0 radical (unpaired) electrons. The number of hydrogen-bond donors (Lipinski definition) is 3. The van der Waals surface area contributed by atoms with Crippen LogP contribution in [0.15, 0.2) is 6.07 Å². The highest BCUT2D eigenvalue weighted by atomic mass is 16.5. The molecule has 1 aromatic heterocycles. The van der Waals surface area contributed by atoms with Crippen LogP contribution in [-0.2, 0) is 0 Å². The second kappa shape index (κ2) is 2.38. The van der Waals surface area contributed by atoms with Crippen molar-refractivity contribution in [2.75, 3.05) is 0 Å². The first-order valence-electron chi connectivity index (χ1n) is 3.37. The highest BCUT2D eigenvalue weighted by Gasteiger charge is 2.14. The molecule has 4 heteroatoms. The molecule has 0 saturated carbocycles. The minimum Gasteiger partial charge on any atom is -0.492 e. The van der Waals surface area contributed by atoms with Crippen molar-refractivity contribution < 1.29 is 15.4 Å². The van der Waals surface area contributed by atoms with E-state index in [-0.39, 0.29) is 17.7 Å². The van der Waals surface area contributed by atoms with E-state index in [1.807, 2.05) is 13.8 Å². The fourth-order valence-corrected chi connectivity index (χ4v) is 0.920. The molecule has 4 nitrogen and oxygen atoms in total. The van der Waals surface area contributed by atoms with Crippen molar-refractivity contribution in [3.05, 3.63) is 11.6 Å². The fourth-order valence-electron chi connectivity index (χ4n) is 0.920. The third-order valence-electron chi connectivity index (χ3n) is 1.58. The Kier molecular flexibility index (Phi) is 1.68. The van der Waals surface area contributed by atoms with Crippen LogP contribution in [0.3, 0.4) is 0 Å². The molecule has 0 atom stereocenters. The molecule has 62 valence electrons. The van der Waals surface area contributed by atoms with Crippen molar-refractivity contribution in [2.45, 2.75) is 19.8 Å². The number of aromatic nitrogens is 1. The summed E-state index contributed by atoms with van der Waals surface area (Å²) in [6, 6.07) is 1.33. The van der Waals surface area contributed by atoms with Crippen molar-refractivity contribution in [3.8, 4) is 11.8 Å². The van der Waals surface area contributed by atoms with Gasteiger partial charge < -0.3 is 15.4 Å². The Balaban J connectivity index is 3.19. The van der Waals surface area contributed by atoms with Crippen LogP contribution < -0.4 is 0 Å². The summed E-state index contributed by atoms with van der Waals surface area (Å²) >= 11 is 0. The van der Waals surface area contributed by atoms with Crippen LogP contribution in [0.4, 0.5) is 0 Å². The van der Waals surface area contributed by atoms with Gasteiger partial charge in [-0.05, 0) is 5.92 Å². The lowest BCUT2D eigenvalue weighted by atomic mass is 10.1. The zero-order valence-electron chi connectivity index (χ0n) is 6.44. The van der Waals surface area contributed by atoms with Gasteiger partial charge >= 0.3 is 0 Å². The predicted molar refractivity (Wildman–Crippen MR) is 39.0 cm³/mol. The molecular formula is C7H11NO3. The third kappa shape index (κ3) is 1.11. The minimum absolute atomic E-state index is 0.0781. The van der Waals surface area contributed by atoms with Gasteiger partial charge in [-0.3, -0.25) is 0 Å². The predicted octanol–water partition coefficient (Wildman–Crippen LogP) is 1.26. The summed E-state index contributed by atoms with van der Waals surface area (Å²) in [5.41, 5.74) is 0.532. The van der Waals surface area contributed by atoms with Gasteiger partial charge in [0.1, 0.15) is 0 Å². The Morgan fingerprint density at radius 1 is 1.36 bits per heavy atom. The largest absolute Gasteiger partial charge is 0.492 e. The van der Waals surface area contributed by atoms with Crippen molar-refractivity contribution in [1.82, 2.24) is 4.73 Å². The molecule has 1 rings (SSSR count). The first-order chi connectivity index (χ1) is 5.04. The average molecular weight is 157 g/mol. The molecule has 1 heterocycles. The number of aromatic hydroxyl groups is 2. The van der Waals surface area contributed by atoms with Crippen LogP contribution in [0.5, 0.6) is 11.8 Å². The van der Waals surface area contributed by atoms with Gasteiger partial charge in [0.05, 0.1) is 0 Å². The van der Waals surface area contributed by atoms with E-state index in [1.54, 1.807) is 0 Å². The second-order valence-electron chi connectivity index (χ2n) is 2.75. The zero-order valence-corrected chi connectivity index (χ0v) is 6.44. The normalized spacial score (nSPS) is 10.8. The highest BCUT2D eigenvalue weighted by Crippen LogP contribution is 2.30. The molecule has 0 aliphatic heterocycles. The monoisotopic (exact) mass is 157 g/mol. The number of hydrogen-bond acceptors (Lipinski definition) is 3. The van der Waals surface area contributed by atoms with Gasteiger partial charge in [0.2, 0.25) is 11.8 Å². The quantitative estimate of drug-likeness (QED) is 0.537. The molecule has 3 N–H and O–H groups in total. The van der Waals surface area contributed by atoms with Crippen molar-refractivity contribution in [3.63, 3.8) is 0 Å². The van der Waals surface area contributed by atoms with Crippen molar-refractivity contribution in [2.24, 2.45) is 0 Å². The van der Waals surface area contributed by atoms with Crippen LogP contribution >= 0.6 is 0 Å². The third-order valence-corrected chi connectivity index (χ3v) is 1.58.